The van der Waals surface area contributed by atoms with E-state index in [1.54, 1.807) is 6.08 Å². The molecule has 1 aliphatic carbocycles. The Morgan fingerprint density at radius 2 is 1.75 bits per heavy atom. The molecule has 3 heterocycles. The van der Waals surface area contributed by atoms with Crippen LogP contribution < -0.4 is 4.90 Å². The monoisotopic (exact) mass is 451 g/mol. The highest BCUT2D eigenvalue weighted by molar-refractivity contribution is 6.30. The van der Waals surface area contributed by atoms with Crippen molar-refractivity contribution in [1.82, 2.24) is 19.8 Å². The standard InChI is InChI=1S/C25H30ClN5O/c26-21-7-4-19(5-8-21)6-9-24(32)30-12-10-20-18-27-25(28-23(20)11-13-30)31-16-14-29(15-17-31)22-2-1-3-22/h4-9,18,22H,1-3,10-17H2/b9-6+. The number of halogens is 1. The normalized spacial score (nSPS) is 20.2. The Morgan fingerprint density at radius 3 is 2.47 bits per heavy atom. The van der Waals surface area contributed by atoms with Crippen molar-refractivity contribution in [2.24, 2.45) is 0 Å². The van der Waals surface area contributed by atoms with Gasteiger partial charge in [0.05, 0.1) is 5.69 Å². The summed E-state index contributed by atoms with van der Waals surface area (Å²) in [4.78, 5) is 29.2. The quantitative estimate of drug-likeness (QED) is 0.666. The molecular formula is C25H30ClN5O. The third kappa shape index (κ3) is 4.81. The minimum atomic E-state index is 0.0352. The average Bonchev–Trinajstić information content (AvgIpc) is 3.00. The minimum absolute atomic E-state index is 0.0352. The molecule has 0 unspecified atom stereocenters. The molecular weight excluding hydrogens is 422 g/mol. The van der Waals surface area contributed by atoms with Crippen LogP contribution in [0.4, 0.5) is 5.95 Å². The maximum atomic E-state index is 12.7. The zero-order chi connectivity index (χ0) is 21.9. The fourth-order valence-corrected chi connectivity index (χ4v) is 4.85. The highest BCUT2D eigenvalue weighted by atomic mass is 35.5. The summed E-state index contributed by atoms with van der Waals surface area (Å²) < 4.78 is 0. The Hall–Kier alpha value is -2.44. The van der Waals surface area contributed by atoms with E-state index in [9.17, 15) is 4.79 Å². The van der Waals surface area contributed by atoms with Gasteiger partial charge in [0.15, 0.2) is 0 Å². The predicted molar refractivity (Wildman–Crippen MR) is 128 cm³/mol. The molecule has 1 saturated carbocycles. The molecule has 0 N–H and O–H groups in total. The van der Waals surface area contributed by atoms with E-state index in [1.165, 1.54) is 24.8 Å². The molecule has 32 heavy (non-hydrogen) atoms. The van der Waals surface area contributed by atoms with Gasteiger partial charge in [0.2, 0.25) is 11.9 Å². The molecule has 1 aromatic carbocycles. The Bertz CT molecular complexity index is 980. The van der Waals surface area contributed by atoms with Crippen molar-refractivity contribution in [3.8, 4) is 0 Å². The lowest BCUT2D eigenvalue weighted by molar-refractivity contribution is -0.125. The van der Waals surface area contributed by atoms with Gasteiger partial charge in [-0.15, -0.1) is 0 Å². The zero-order valence-electron chi connectivity index (χ0n) is 18.4. The number of carbonyl (C=O) groups is 1. The summed E-state index contributed by atoms with van der Waals surface area (Å²) >= 11 is 5.93. The first kappa shape index (κ1) is 21.4. The van der Waals surface area contributed by atoms with Crippen LogP contribution in [0, 0.1) is 0 Å². The molecule has 1 saturated heterocycles. The largest absolute Gasteiger partial charge is 0.338 e. The number of benzene rings is 1. The number of fused-ring (bicyclic) bond motifs is 1. The van der Waals surface area contributed by atoms with Gasteiger partial charge in [-0.2, -0.15) is 0 Å². The lowest BCUT2D eigenvalue weighted by Crippen LogP contribution is -2.52. The maximum absolute atomic E-state index is 12.7. The molecule has 2 aliphatic heterocycles. The smallest absolute Gasteiger partial charge is 0.246 e. The summed E-state index contributed by atoms with van der Waals surface area (Å²) in [5.41, 5.74) is 3.22. The molecule has 2 aromatic rings. The van der Waals surface area contributed by atoms with Crippen molar-refractivity contribution in [3.05, 3.63) is 58.4 Å². The number of hydrogen-bond donors (Lipinski definition) is 0. The van der Waals surface area contributed by atoms with Gasteiger partial charge in [0, 0.05) is 69.0 Å². The van der Waals surface area contributed by atoms with Crippen molar-refractivity contribution in [2.45, 2.75) is 38.1 Å². The van der Waals surface area contributed by atoms with Gasteiger partial charge in [-0.1, -0.05) is 30.2 Å². The highest BCUT2D eigenvalue weighted by Gasteiger charge is 2.29. The highest BCUT2D eigenvalue weighted by Crippen LogP contribution is 2.26. The predicted octanol–water partition coefficient (Wildman–Crippen LogP) is 3.45. The number of aromatic nitrogens is 2. The summed E-state index contributed by atoms with van der Waals surface area (Å²) in [5, 5.41) is 0.694. The van der Waals surface area contributed by atoms with Crippen molar-refractivity contribution in [1.29, 1.82) is 0 Å². The van der Waals surface area contributed by atoms with E-state index in [2.05, 4.69) is 14.8 Å². The van der Waals surface area contributed by atoms with E-state index in [4.69, 9.17) is 16.6 Å². The molecule has 6 nitrogen and oxygen atoms in total. The third-order valence-corrected chi connectivity index (χ3v) is 7.25. The van der Waals surface area contributed by atoms with Crippen LogP contribution in [0.5, 0.6) is 0 Å². The Balaban J connectivity index is 1.19. The Kier molecular flexibility index (Phi) is 6.42. The molecule has 0 radical (unpaired) electrons. The third-order valence-electron chi connectivity index (χ3n) is 7.00. The van der Waals surface area contributed by atoms with Crippen LogP contribution in [0.15, 0.2) is 36.5 Å². The van der Waals surface area contributed by atoms with Gasteiger partial charge in [-0.05, 0) is 48.6 Å². The van der Waals surface area contributed by atoms with Crippen LogP contribution in [-0.2, 0) is 17.6 Å². The van der Waals surface area contributed by atoms with E-state index in [0.29, 0.717) is 18.1 Å². The van der Waals surface area contributed by atoms with Crippen LogP contribution in [0.2, 0.25) is 5.02 Å². The summed E-state index contributed by atoms with van der Waals surface area (Å²) in [6.45, 7) is 5.58. The number of nitrogens with zero attached hydrogens (tertiary/aromatic N) is 5. The zero-order valence-corrected chi connectivity index (χ0v) is 19.2. The second-order valence-corrected chi connectivity index (χ2v) is 9.40. The van der Waals surface area contributed by atoms with Crippen molar-refractivity contribution in [3.63, 3.8) is 0 Å². The molecule has 168 valence electrons. The second kappa shape index (κ2) is 9.59. The Morgan fingerprint density at radius 1 is 1.00 bits per heavy atom. The van der Waals surface area contributed by atoms with Gasteiger partial charge in [-0.25, -0.2) is 9.97 Å². The van der Waals surface area contributed by atoms with Gasteiger partial charge >= 0.3 is 0 Å². The van der Waals surface area contributed by atoms with E-state index in [1.807, 2.05) is 41.4 Å². The van der Waals surface area contributed by atoms with E-state index in [-0.39, 0.29) is 5.91 Å². The molecule has 3 aliphatic rings. The van der Waals surface area contributed by atoms with Gasteiger partial charge < -0.3 is 9.80 Å². The second-order valence-electron chi connectivity index (χ2n) is 8.96. The lowest BCUT2D eigenvalue weighted by atomic mass is 9.91. The number of rotatable bonds is 4. The fraction of sp³-hybridized carbons (Fsp3) is 0.480. The number of piperazine rings is 1. The van der Waals surface area contributed by atoms with Gasteiger partial charge in [0.25, 0.3) is 0 Å². The summed E-state index contributed by atoms with van der Waals surface area (Å²) in [5.74, 6) is 0.882. The molecule has 0 bridgehead atoms. The minimum Gasteiger partial charge on any atom is -0.338 e. The summed E-state index contributed by atoms with van der Waals surface area (Å²) in [6.07, 6.45) is 11.1. The van der Waals surface area contributed by atoms with E-state index in [0.717, 1.165) is 62.3 Å². The van der Waals surface area contributed by atoms with Crippen molar-refractivity contribution in [2.75, 3.05) is 44.2 Å². The number of hydrogen-bond acceptors (Lipinski definition) is 5. The van der Waals surface area contributed by atoms with Crippen LogP contribution in [0.1, 0.15) is 36.1 Å². The Labute approximate surface area is 194 Å². The topological polar surface area (TPSA) is 52.6 Å². The van der Waals surface area contributed by atoms with Crippen LogP contribution in [0.3, 0.4) is 0 Å². The average molecular weight is 452 g/mol. The van der Waals surface area contributed by atoms with Crippen LogP contribution in [-0.4, -0.2) is 71.0 Å². The molecule has 2 fully saturated rings. The van der Waals surface area contributed by atoms with E-state index >= 15 is 0 Å². The van der Waals surface area contributed by atoms with Crippen molar-refractivity contribution < 1.29 is 4.79 Å². The molecule has 5 rings (SSSR count). The lowest BCUT2D eigenvalue weighted by Gasteiger charge is -2.43. The maximum Gasteiger partial charge on any atom is 0.246 e. The van der Waals surface area contributed by atoms with Crippen LogP contribution in [0.25, 0.3) is 6.08 Å². The number of amides is 1. The van der Waals surface area contributed by atoms with Gasteiger partial charge in [0.1, 0.15) is 0 Å². The fourth-order valence-electron chi connectivity index (χ4n) is 4.72. The molecule has 7 heteroatoms. The first-order valence-corrected chi connectivity index (χ1v) is 12.1. The van der Waals surface area contributed by atoms with E-state index < -0.39 is 0 Å². The number of anilines is 1. The van der Waals surface area contributed by atoms with Gasteiger partial charge in [-0.3, -0.25) is 9.69 Å². The molecule has 0 spiro atoms. The molecule has 1 aromatic heterocycles. The first-order valence-electron chi connectivity index (χ1n) is 11.7. The van der Waals surface area contributed by atoms with Crippen LogP contribution >= 0.6 is 11.6 Å². The summed E-state index contributed by atoms with van der Waals surface area (Å²) in [6, 6.07) is 8.29. The molecule has 0 atom stereocenters. The first-order chi connectivity index (χ1) is 15.7. The van der Waals surface area contributed by atoms with Crippen molar-refractivity contribution >= 4 is 29.5 Å². The molecule has 1 amide bonds. The number of carbonyl (C=O) groups excluding carboxylic acids is 1. The summed E-state index contributed by atoms with van der Waals surface area (Å²) in [7, 11) is 0. The SMILES string of the molecule is O=C(/C=C/c1ccc(Cl)cc1)N1CCc2cnc(N3CCN(C4CCC4)CC3)nc2CC1.